The van der Waals surface area contributed by atoms with E-state index in [1.165, 1.54) is 0 Å². The highest BCUT2D eigenvalue weighted by atomic mass is 32.2. The maximum atomic E-state index is 12.2. The van der Waals surface area contributed by atoms with Crippen molar-refractivity contribution in [2.75, 3.05) is 19.6 Å². The van der Waals surface area contributed by atoms with E-state index < -0.39 is 10.2 Å². The van der Waals surface area contributed by atoms with E-state index in [0.717, 1.165) is 44.9 Å². The van der Waals surface area contributed by atoms with E-state index >= 15 is 0 Å². The van der Waals surface area contributed by atoms with Crippen LogP contribution in [0.3, 0.4) is 0 Å². The van der Waals surface area contributed by atoms with Gasteiger partial charge in [0, 0.05) is 25.7 Å². The molecule has 1 heterocycles. The summed E-state index contributed by atoms with van der Waals surface area (Å²) in [6.45, 7) is 3.74. The summed E-state index contributed by atoms with van der Waals surface area (Å²) in [7, 11) is -3.35. The van der Waals surface area contributed by atoms with Crippen molar-refractivity contribution in [3.05, 3.63) is 0 Å². The van der Waals surface area contributed by atoms with Gasteiger partial charge in [-0.05, 0) is 19.3 Å². The maximum Gasteiger partial charge on any atom is 0.279 e. The Morgan fingerprint density at radius 3 is 2.33 bits per heavy atom. The van der Waals surface area contributed by atoms with Crippen molar-refractivity contribution >= 4 is 10.2 Å². The van der Waals surface area contributed by atoms with Gasteiger partial charge in [-0.2, -0.15) is 17.4 Å². The highest BCUT2D eigenvalue weighted by Crippen LogP contribution is 2.13. The van der Waals surface area contributed by atoms with Gasteiger partial charge in [0.2, 0.25) is 0 Å². The van der Waals surface area contributed by atoms with Crippen LogP contribution in [0.15, 0.2) is 0 Å². The molecular formula is C12H27N3O2S. The Morgan fingerprint density at radius 2 is 1.83 bits per heavy atom. The van der Waals surface area contributed by atoms with Crippen LogP contribution in [0.5, 0.6) is 0 Å². The van der Waals surface area contributed by atoms with Crippen LogP contribution in [0, 0.1) is 0 Å². The molecule has 1 aliphatic heterocycles. The zero-order valence-corrected chi connectivity index (χ0v) is 12.2. The topological polar surface area (TPSA) is 75.4 Å². The van der Waals surface area contributed by atoms with Crippen LogP contribution in [-0.4, -0.2) is 38.4 Å². The Labute approximate surface area is 111 Å². The largest absolute Gasteiger partial charge is 0.329 e. The van der Waals surface area contributed by atoms with E-state index in [1.54, 1.807) is 4.31 Å². The van der Waals surface area contributed by atoms with Gasteiger partial charge in [-0.15, -0.1) is 0 Å². The SMILES string of the molecule is CCCC[C@H](CN)NS(=O)(=O)N1CCCCCC1. The molecule has 1 saturated heterocycles. The molecule has 0 radical (unpaired) electrons. The van der Waals surface area contributed by atoms with Crippen molar-refractivity contribution in [3.63, 3.8) is 0 Å². The second kappa shape index (κ2) is 8.09. The zero-order chi connectivity index (χ0) is 13.4. The normalized spacial score (nSPS) is 20.6. The van der Waals surface area contributed by atoms with Crippen LogP contribution in [0.4, 0.5) is 0 Å². The second-order valence-corrected chi connectivity index (χ2v) is 6.71. The van der Waals surface area contributed by atoms with E-state index in [4.69, 9.17) is 5.73 Å². The molecule has 0 unspecified atom stereocenters. The standard InChI is InChI=1S/C12H27N3O2S/c1-2-3-8-12(11-13)14-18(16,17)15-9-6-4-5-7-10-15/h12,14H,2-11,13H2,1H3/t12-/m1/s1. The molecule has 18 heavy (non-hydrogen) atoms. The van der Waals surface area contributed by atoms with E-state index in [0.29, 0.717) is 19.6 Å². The molecule has 1 aliphatic rings. The highest BCUT2D eigenvalue weighted by molar-refractivity contribution is 7.87. The first kappa shape index (κ1) is 15.9. The predicted octanol–water partition coefficient (Wildman–Crippen LogP) is 1.21. The maximum absolute atomic E-state index is 12.2. The van der Waals surface area contributed by atoms with Gasteiger partial charge < -0.3 is 5.73 Å². The van der Waals surface area contributed by atoms with Crippen LogP contribution < -0.4 is 10.5 Å². The lowest BCUT2D eigenvalue weighted by Crippen LogP contribution is -2.48. The van der Waals surface area contributed by atoms with Crippen LogP contribution in [-0.2, 0) is 10.2 Å². The number of unbranched alkanes of at least 4 members (excludes halogenated alkanes) is 1. The van der Waals surface area contributed by atoms with Gasteiger partial charge in [0.15, 0.2) is 0 Å². The molecule has 1 rings (SSSR count). The molecule has 3 N–H and O–H groups in total. The van der Waals surface area contributed by atoms with Crippen molar-refractivity contribution in [2.24, 2.45) is 5.73 Å². The van der Waals surface area contributed by atoms with Crippen molar-refractivity contribution in [3.8, 4) is 0 Å². The third kappa shape index (κ3) is 5.22. The van der Waals surface area contributed by atoms with Gasteiger partial charge in [0.1, 0.15) is 0 Å². The molecule has 0 spiro atoms. The number of hydrogen-bond acceptors (Lipinski definition) is 3. The average molecular weight is 277 g/mol. The van der Waals surface area contributed by atoms with Crippen LogP contribution in [0.1, 0.15) is 51.9 Å². The minimum absolute atomic E-state index is 0.127. The van der Waals surface area contributed by atoms with Gasteiger partial charge >= 0.3 is 0 Å². The van der Waals surface area contributed by atoms with Gasteiger partial charge in [-0.3, -0.25) is 0 Å². The molecule has 0 saturated carbocycles. The summed E-state index contributed by atoms with van der Waals surface area (Å²) < 4.78 is 28.8. The lowest BCUT2D eigenvalue weighted by atomic mass is 10.1. The molecule has 1 fully saturated rings. The van der Waals surface area contributed by atoms with Gasteiger partial charge in [0.25, 0.3) is 10.2 Å². The number of nitrogens with one attached hydrogen (secondary N) is 1. The quantitative estimate of drug-likeness (QED) is 0.734. The summed E-state index contributed by atoms with van der Waals surface area (Å²) in [5, 5.41) is 0. The van der Waals surface area contributed by atoms with E-state index in [9.17, 15) is 8.42 Å². The molecule has 1 atom stereocenters. The molecule has 0 aliphatic carbocycles. The first-order valence-corrected chi connectivity index (χ1v) is 8.51. The summed E-state index contributed by atoms with van der Waals surface area (Å²) in [4.78, 5) is 0. The number of hydrogen-bond donors (Lipinski definition) is 2. The summed E-state index contributed by atoms with van der Waals surface area (Å²) in [5.41, 5.74) is 5.64. The van der Waals surface area contributed by atoms with Crippen LogP contribution in [0.2, 0.25) is 0 Å². The fraction of sp³-hybridized carbons (Fsp3) is 1.00. The molecule has 0 aromatic heterocycles. The molecular weight excluding hydrogens is 250 g/mol. The lowest BCUT2D eigenvalue weighted by Gasteiger charge is -2.24. The summed E-state index contributed by atoms with van der Waals surface area (Å²) in [6.07, 6.45) is 7.06. The monoisotopic (exact) mass is 277 g/mol. The molecule has 108 valence electrons. The summed E-state index contributed by atoms with van der Waals surface area (Å²) in [5.74, 6) is 0. The summed E-state index contributed by atoms with van der Waals surface area (Å²) >= 11 is 0. The lowest BCUT2D eigenvalue weighted by molar-refractivity contribution is 0.403. The van der Waals surface area contributed by atoms with E-state index in [2.05, 4.69) is 11.6 Å². The Kier molecular flexibility index (Phi) is 7.14. The minimum Gasteiger partial charge on any atom is -0.329 e. The Hall–Kier alpha value is -0.170. The molecule has 0 aromatic rings. The molecule has 0 aromatic carbocycles. The van der Waals surface area contributed by atoms with E-state index in [1.807, 2.05) is 0 Å². The third-order valence-electron chi connectivity index (χ3n) is 3.41. The van der Waals surface area contributed by atoms with Crippen molar-refractivity contribution in [2.45, 2.75) is 57.9 Å². The van der Waals surface area contributed by atoms with Crippen LogP contribution in [0.25, 0.3) is 0 Å². The predicted molar refractivity (Wildman–Crippen MR) is 74.5 cm³/mol. The first-order valence-electron chi connectivity index (χ1n) is 7.07. The Morgan fingerprint density at radius 1 is 1.22 bits per heavy atom. The van der Waals surface area contributed by atoms with Crippen molar-refractivity contribution in [1.82, 2.24) is 9.03 Å². The van der Waals surface area contributed by atoms with Gasteiger partial charge in [0.05, 0.1) is 0 Å². The Balaban J connectivity index is 2.55. The average Bonchev–Trinajstić information content (AvgIpc) is 2.63. The highest BCUT2D eigenvalue weighted by Gasteiger charge is 2.25. The Bertz CT molecular complexity index is 311. The zero-order valence-electron chi connectivity index (χ0n) is 11.4. The molecule has 5 nitrogen and oxygen atoms in total. The van der Waals surface area contributed by atoms with Gasteiger partial charge in [-0.1, -0.05) is 32.6 Å². The smallest absolute Gasteiger partial charge is 0.279 e. The first-order chi connectivity index (χ1) is 8.60. The minimum atomic E-state index is -3.35. The number of nitrogens with zero attached hydrogens (tertiary/aromatic N) is 1. The summed E-state index contributed by atoms with van der Waals surface area (Å²) in [6, 6.07) is -0.127. The molecule has 0 bridgehead atoms. The van der Waals surface area contributed by atoms with E-state index in [-0.39, 0.29) is 6.04 Å². The second-order valence-electron chi connectivity index (χ2n) is 5.01. The third-order valence-corrected chi connectivity index (χ3v) is 5.09. The van der Waals surface area contributed by atoms with Crippen molar-refractivity contribution in [1.29, 1.82) is 0 Å². The van der Waals surface area contributed by atoms with Crippen LogP contribution >= 0.6 is 0 Å². The fourth-order valence-corrected chi connectivity index (χ4v) is 3.77. The van der Waals surface area contributed by atoms with Crippen molar-refractivity contribution < 1.29 is 8.42 Å². The number of nitrogens with two attached hydrogens (primary N) is 1. The molecule has 6 heteroatoms. The van der Waals surface area contributed by atoms with Gasteiger partial charge in [-0.25, -0.2) is 0 Å². The molecule has 0 amide bonds. The fourth-order valence-electron chi connectivity index (χ4n) is 2.24. The number of rotatable bonds is 7.